The lowest BCUT2D eigenvalue weighted by Crippen LogP contribution is -2.36. The molecule has 0 bridgehead atoms. The van der Waals surface area contributed by atoms with Crippen LogP contribution in [0.4, 0.5) is 0 Å². The number of phenolic OH excluding ortho intramolecular Hbond substituents is 2. The third-order valence-corrected chi connectivity index (χ3v) is 4.92. The summed E-state index contributed by atoms with van der Waals surface area (Å²) in [6, 6.07) is 7.98. The van der Waals surface area contributed by atoms with E-state index in [9.17, 15) is 15.3 Å². The van der Waals surface area contributed by atoms with Crippen LogP contribution < -0.4 is 9.47 Å². The van der Waals surface area contributed by atoms with Crippen LogP contribution >= 0.6 is 0 Å². The molecule has 6 nitrogen and oxygen atoms in total. The van der Waals surface area contributed by atoms with Gasteiger partial charge in [0.15, 0.2) is 6.10 Å². The summed E-state index contributed by atoms with van der Waals surface area (Å²) in [5.74, 6) is 1.03. The molecule has 0 unspecified atom stereocenters. The average Bonchev–Trinajstić information content (AvgIpc) is 2.67. The standard InChI is InChI=1S/C22H26O6/c1-12(2)5-10-15-16(24)11-17(26-3)18-21(15)28-20(19(25)22(18)27-4)13-6-8-14(23)9-7-13/h5-9,11,19-20,22-25H,10H2,1-4H3/t19-,20-,22+/m1/s1. The van der Waals surface area contributed by atoms with Crippen molar-refractivity contribution in [3.05, 3.63) is 58.7 Å². The van der Waals surface area contributed by atoms with Crippen molar-refractivity contribution in [1.82, 2.24) is 0 Å². The van der Waals surface area contributed by atoms with Crippen molar-refractivity contribution in [3.63, 3.8) is 0 Å². The van der Waals surface area contributed by atoms with E-state index in [4.69, 9.17) is 14.2 Å². The van der Waals surface area contributed by atoms with Gasteiger partial charge in [-0.25, -0.2) is 0 Å². The highest BCUT2D eigenvalue weighted by Crippen LogP contribution is 2.51. The number of hydrogen-bond acceptors (Lipinski definition) is 6. The number of aromatic hydroxyl groups is 2. The molecule has 0 saturated carbocycles. The zero-order chi connectivity index (χ0) is 20.4. The first-order chi connectivity index (χ1) is 13.4. The van der Waals surface area contributed by atoms with Crippen LogP contribution in [-0.2, 0) is 11.2 Å². The second kappa shape index (κ2) is 8.12. The van der Waals surface area contributed by atoms with Crippen molar-refractivity contribution in [2.24, 2.45) is 0 Å². The van der Waals surface area contributed by atoms with Crippen molar-refractivity contribution in [3.8, 4) is 23.0 Å². The van der Waals surface area contributed by atoms with Gasteiger partial charge < -0.3 is 29.5 Å². The largest absolute Gasteiger partial charge is 0.508 e. The fourth-order valence-corrected chi connectivity index (χ4v) is 3.47. The van der Waals surface area contributed by atoms with Gasteiger partial charge >= 0.3 is 0 Å². The molecular formula is C22H26O6. The van der Waals surface area contributed by atoms with E-state index in [1.807, 2.05) is 19.9 Å². The molecule has 0 amide bonds. The summed E-state index contributed by atoms with van der Waals surface area (Å²) in [5, 5.41) is 31.1. The molecule has 6 heteroatoms. The zero-order valence-corrected chi connectivity index (χ0v) is 16.5. The molecule has 0 radical (unpaired) electrons. The number of benzene rings is 2. The number of hydrogen-bond donors (Lipinski definition) is 3. The molecule has 0 aromatic heterocycles. The first kappa shape index (κ1) is 20.0. The minimum atomic E-state index is -1.00. The Bertz CT molecular complexity index is 868. The summed E-state index contributed by atoms with van der Waals surface area (Å²) < 4.78 is 17.3. The van der Waals surface area contributed by atoms with Gasteiger partial charge in [-0.1, -0.05) is 23.8 Å². The number of aliphatic hydroxyl groups excluding tert-OH is 1. The lowest BCUT2D eigenvalue weighted by molar-refractivity contribution is -0.0882. The third kappa shape index (κ3) is 3.66. The van der Waals surface area contributed by atoms with E-state index in [1.165, 1.54) is 32.4 Å². The molecule has 1 aliphatic heterocycles. The molecular weight excluding hydrogens is 360 g/mol. The van der Waals surface area contributed by atoms with Crippen LogP contribution in [0, 0.1) is 0 Å². The summed E-state index contributed by atoms with van der Waals surface area (Å²) >= 11 is 0. The molecule has 0 aliphatic carbocycles. The predicted octanol–water partition coefficient (Wildman–Crippen LogP) is 3.80. The van der Waals surface area contributed by atoms with Gasteiger partial charge in [0.2, 0.25) is 0 Å². The van der Waals surface area contributed by atoms with E-state index in [0.717, 1.165) is 5.57 Å². The fourth-order valence-electron chi connectivity index (χ4n) is 3.47. The number of rotatable bonds is 5. The average molecular weight is 386 g/mol. The van der Waals surface area contributed by atoms with Crippen LogP contribution in [-0.4, -0.2) is 35.6 Å². The van der Waals surface area contributed by atoms with E-state index in [1.54, 1.807) is 12.1 Å². The van der Waals surface area contributed by atoms with Gasteiger partial charge in [-0.3, -0.25) is 0 Å². The lowest BCUT2D eigenvalue weighted by Gasteiger charge is -2.38. The number of ether oxygens (including phenoxy) is 3. The van der Waals surface area contributed by atoms with Gasteiger partial charge in [0.05, 0.1) is 12.7 Å². The number of phenols is 2. The van der Waals surface area contributed by atoms with Gasteiger partial charge in [-0.15, -0.1) is 0 Å². The minimum absolute atomic E-state index is 0.0591. The summed E-state index contributed by atoms with van der Waals surface area (Å²) in [6.07, 6.45) is 0.0263. The van der Waals surface area contributed by atoms with Crippen LogP contribution in [0.3, 0.4) is 0 Å². The molecule has 0 saturated heterocycles. The molecule has 3 atom stereocenters. The second-order valence-corrected chi connectivity index (χ2v) is 7.08. The zero-order valence-electron chi connectivity index (χ0n) is 16.5. The van der Waals surface area contributed by atoms with Gasteiger partial charge in [-0.05, 0) is 38.0 Å². The molecule has 3 rings (SSSR count). The van der Waals surface area contributed by atoms with Crippen LogP contribution in [0.15, 0.2) is 42.0 Å². The van der Waals surface area contributed by atoms with Crippen LogP contribution in [0.2, 0.25) is 0 Å². The van der Waals surface area contributed by atoms with Crippen molar-refractivity contribution in [1.29, 1.82) is 0 Å². The minimum Gasteiger partial charge on any atom is -0.508 e. The predicted molar refractivity (Wildman–Crippen MR) is 105 cm³/mol. The molecule has 3 N–H and O–H groups in total. The Balaban J connectivity index is 2.17. The molecule has 1 heterocycles. The Morgan fingerprint density at radius 1 is 1.14 bits per heavy atom. The third-order valence-electron chi connectivity index (χ3n) is 4.92. The Hall–Kier alpha value is -2.70. The van der Waals surface area contributed by atoms with Crippen molar-refractivity contribution in [2.45, 2.75) is 38.6 Å². The van der Waals surface area contributed by atoms with Crippen LogP contribution in [0.5, 0.6) is 23.0 Å². The summed E-state index contributed by atoms with van der Waals surface area (Å²) in [4.78, 5) is 0. The monoisotopic (exact) mass is 386 g/mol. The van der Waals surface area contributed by atoms with Gasteiger partial charge in [-0.2, -0.15) is 0 Å². The highest BCUT2D eigenvalue weighted by molar-refractivity contribution is 5.60. The maximum absolute atomic E-state index is 11.0. The Labute approximate surface area is 164 Å². The van der Waals surface area contributed by atoms with Crippen LogP contribution in [0.25, 0.3) is 0 Å². The molecule has 2 aromatic rings. The first-order valence-corrected chi connectivity index (χ1v) is 9.09. The van der Waals surface area contributed by atoms with Crippen molar-refractivity contribution in [2.75, 3.05) is 14.2 Å². The Morgan fingerprint density at radius 3 is 2.39 bits per heavy atom. The highest BCUT2D eigenvalue weighted by atomic mass is 16.5. The summed E-state index contributed by atoms with van der Waals surface area (Å²) in [7, 11) is 3.01. The van der Waals surface area contributed by atoms with E-state index in [0.29, 0.717) is 34.6 Å². The quantitative estimate of drug-likeness (QED) is 0.678. The first-order valence-electron chi connectivity index (χ1n) is 9.09. The van der Waals surface area contributed by atoms with E-state index in [2.05, 4.69) is 0 Å². The fraction of sp³-hybridized carbons (Fsp3) is 0.364. The van der Waals surface area contributed by atoms with Gasteiger partial charge in [0, 0.05) is 18.7 Å². The number of fused-ring (bicyclic) bond motifs is 1. The van der Waals surface area contributed by atoms with E-state index >= 15 is 0 Å². The summed E-state index contributed by atoms with van der Waals surface area (Å²) in [6.45, 7) is 3.96. The molecule has 28 heavy (non-hydrogen) atoms. The van der Waals surface area contributed by atoms with Gasteiger partial charge in [0.1, 0.15) is 35.2 Å². The normalized spacial score (nSPS) is 20.8. The Kier molecular flexibility index (Phi) is 5.82. The van der Waals surface area contributed by atoms with E-state index in [-0.39, 0.29) is 11.5 Å². The van der Waals surface area contributed by atoms with Crippen molar-refractivity contribution >= 4 is 0 Å². The van der Waals surface area contributed by atoms with Crippen molar-refractivity contribution < 1.29 is 29.5 Å². The highest BCUT2D eigenvalue weighted by Gasteiger charge is 2.42. The van der Waals surface area contributed by atoms with E-state index < -0.39 is 18.3 Å². The maximum atomic E-state index is 11.0. The maximum Gasteiger partial charge on any atom is 0.152 e. The molecule has 0 fully saturated rings. The summed E-state index contributed by atoms with van der Waals surface area (Å²) in [5.41, 5.74) is 2.98. The molecule has 2 aromatic carbocycles. The van der Waals surface area contributed by atoms with Crippen LogP contribution in [0.1, 0.15) is 42.7 Å². The van der Waals surface area contributed by atoms with Gasteiger partial charge in [0.25, 0.3) is 0 Å². The topological polar surface area (TPSA) is 88.4 Å². The Morgan fingerprint density at radius 2 is 1.82 bits per heavy atom. The second-order valence-electron chi connectivity index (χ2n) is 7.08. The number of methoxy groups -OCH3 is 2. The number of allylic oxidation sites excluding steroid dienone is 2. The molecule has 0 spiro atoms. The lowest BCUT2D eigenvalue weighted by atomic mass is 9.89. The molecule has 150 valence electrons. The SMILES string of the molecule is COc1cc(O)c(CC=C(C)C)c2c1[C@H](OC)[C@H](O)[C@@H](c1ccc(O)cc1)O2. The number of aliphatic hydroxyl groups is 1. The smallest absolute Gasteiger partial charge is 0.152 e. The molecule has 1 aliphatic rings.